The first-order chi connectivity index (χ1) is 8.02. The predicted molar refractivity (Wildman–Crippen MR) is 74.1 cm³/mol. The normalized spacial score (nSPS) is 16.8. The first kappa shape index (κ1) is 12.5. The molecule has 17 heavy (non-hydrogen) atoms. The molecule has 1 heterocycles. The predicted octanol–water partition coefficient (Wildman–Crippen LogP) is 4.03. The highest BCUT2D eigenvalue weighted by Crippen LogP contribution is 2.37. The molecule has 0 aliphatic carbocycles. The Balaban J connectivity index is 2.31. The van der Waals surface area contributed by atoms with E-state index in [4.69, 9.17) is 9.47 Å². The lowest BCUT2D eigenvalue weighted by Gasteiger charge is -2.30. The van der Waals surface area contributed by atoms with Crippen LogP contribution in [0.3, 0.4) is 0 Å². The molecule has 1 aromatic carbocycles. The summed E-state index contributed by atoms with van der Waals surface area (Å²) in [5.74, 6) is 1.76. The number of ether oxygens (including phenoxy) is 2. The van der Waals surface area contributed by atoms with Crippen LogP contribution in [0.4, 0.5) is 0 Å². The van der Waals surface area contributed by atoms with E-state index in [2.05, 4.69) is 48.8 Å². The Kier molecular flexibility index (Phi) is 3.48. The van der Waals surface area contributed by atoms with Crippen molar-refractivity contribution in [2.75, 3.05) is 11.9 Å². The van der Waals surface area contributed by atoms with Gasteiger partial charge in [0, 0.05) is 17.0 Å². The second-order valence-corrected chi connectivity index (χ2v) is 5.52. The van der Waals surface area contributed by atoms with Crippen molar-refractivity contribution in [1.82, 2.24) is 0 Å². The van der Waals surface area contributed by atoms with Crippen molar-refractivity contribution >= 4 is 21.5 Å². The van der Waals surface area contributed by atoms with Gasteiger partial charge in [0.25, 0.3) is 0 Å². The molecule has 1 aliphatic heterocycles. The van der Waals surface area contributed by atoms with E-state index < -0.39 is 0 Å². The third kappa shape index (κ3) is 2.83. The van der Waals surface area contributed by atoms with Gasteiger partial charge in [-0.15, -0.1) is 0 Å². The fourth-order valence-corrected chi connectivity index (χ4v) is 2.23. The molecule has 92 valence electrons. The van der Waals surface area contributed by atoms with Gasteiger partial charge >= 0.3 is 0 Å². The molecule has 0 saturated carbocycles. The fourth-order valence-electron chi connectivity index (χ4n) is 2.07. The largest absolute Gasteiger partial charge is 0.493 e. The lowest BCUT2D eigenvalue weighted by molar-refractivity contribution is 0.157. The zero-order valence-corrected chi connectivity index (χ0v) is 12.0. The topological polar surface area (TPSA) is 18.5 Å². The van der Waals surface area contributed by atoms with Crippen molar-refractivity contribution in [3.63, 3.8) is 0 Å². The van der Waals surface area contributed by atoms with E-state index in [1.54, 1.807) is 0 Å². The summed E-state index contributed by atoms with van der Waals surface area (Å²) in [6.45, 7) is 6.90. The lowest BCUT2D eigenvalue weighted by atomic mass is 9.96. The summed E-state index contributed by atoms with van der Waals surface area (Å²) in [5.41, 5.74) is 2.16. The smallest absolute Gasteiger partial charge is 0.131 e. The number of alkyl halides is 1. The van der Waals surface area contributed by atoms with E-state index in [0.717, 1.165) is 22.4 Å². The molecule has 0 N–H and O–H groups in total. The molecule has 1 aliphatic rings. The second kappa shape index (κ2) is 4.73. The number of hydrogen-bond acceptors (Lipinski definition) is 2. The van der Waals surface area contributed by atoms with E-state index in [9.17, 15) is 0 Å². The second-order valence-electron chi connectivity index (χ2n) is 4.73. The van der Waals surface area contributed by atoms with Crippen molar-refractivity contribution in [2.24, 2.45) is 0 Å². The summed E-state index contributed by atoms with van der Waals surface area (Å²) in [4.78, 5) is 0. The van der Waals surface area contributed by atoms with Crippen LogP contribution >= 0.6 is 15.9 Å². The van der Waals surface area contributed by atoms with Crippen molar-refractivity contribution in [2.45, 2.75) is 26.4 Å². The molecular weight excluding hydrogens is 280 g/mol. The lowest BCUT2D eigenvalue weighted by Crippen LogP contribution is -2.28. The molecule has 0 spiro atoms. The van der Waals surface area contributed by atoms with Crippen molar-refractivity contribution in [3.05, 3.63) is 29.8 Å². The molecule has 0 atom stereocenters. The minimum Gasteiger partial charge on any atom is -0.493 e. The van der Waals surface area contributed by atoms with E-state index in [-0.39, 0.29) is 5.60 Å². The molecular formula is C14H17BrO2. The van der Waals surface area contributed by atoms with Crippen LogP contribution in [0.25, 0.3) is 5.57 Å². The molecule has 2 rings (SSSR count). The van der Waals surface area contributed by atoms with Crippen LogP contribution in [-0.4, -0.2) is 17.5 Å². The molecule has 0 aromatic heterocycles. The highest BCUT2D eigenvalue weighted by Gasteiger charge is 2.24. The quantitative estimate of drug-likeness (QED) is 0.784. The van der Waals surface area contributed by atoms with Gasteiger partial charge in [0.1, 0.15) is 17.1 Å². The molecule has 0 amide bonds. The fraction of sp³-hybridized carbons (Fsp3) is 0.429. The Morgan fingerprint density at radius 2 is 2.12 bits per heavy atom. The first-order valence-electron chi connectivity index (χ1n) is 5.73. The highest BCUT2D eigenvalue weighted by molar-refractivity contribution is 9.09. The number of hydrogen-bond donors (Lipinski definition) is 0. The number of halogens is 1. The Bertz CT molecular complexity index is 450. The minimum absolute atomic E-state index is 0.245. The number of allylic oxidation sites excluding steroid dienone is 1. The van der Waals surface area contributed by atoms with E-state index in [0.29, 0.717) is 6.61 Å². The van der Waals surface area contributed by atoms with Crippen LogP contribution < -0.4 is 9.47 Å². The summed E-state index contributed by atoms with van der Waals surface area (Å²) >= 11 is 3.34. The number of rotatable bonds is 3. The van der Waals surface area contributed by atoms with Crippen LogP contribution in [-0.2, 0) is 0 Å². The summed E-state index contributed by atoms with van der Waals surface area (Å²) in [6, 6.07) is 6.01. The Hall–Kier alpha value is -0.960. The van der Waals surface area contributed by atoms with Gasteiger partial charge in [0.2, 0.25) is 0 Å². The van der Waals surface area contributed by atoms with Gasteiger partial charge in [-0.1, -0.05) is 15.9 Å². The van der Waals surface area contributed by atoms with Crippen LogP contribution in [0.15, 0.2) is 24.3 Å². The van der Waals surface area contributed by atoms with Crippen LogP contribution in [0, 0.1) is 0 Å². The van der Waals surface area contributed by atoms with E-state index in [1.165, 1.54) is 5.57 Å². The minimum atomic E-state index is -0.245. The molecule has 3 heteroatoms. The maximum Gasteiger partial charge on any atom is 0.131 e. The third-order valence-corrected chi connectivity index (χ3v) is 2.98. The Labute approximate surface area is 111 Å². The number of fused-ring (bicyclic) bond motifs is 1. The van der Waals surface area contributed by atoms with Gasteiger partial charge in [-0.2, -0.15) is 0 Å². The Morgan fingerprint density at radius 3 is 2.82 bits per heavy atom. The van der Waals surface area contributed by atoms with Crippen molar-refractivity contribution in [3.8, 4) is 11.5 Å². The summed E-state index contributed by atoms with van der Waals surface area (Å²) < 4.78 is 11.5. The van der Waals surface area contributed by atoms with Gasteiger partial charge in [-0.3, -0.25) is 0 Å². The summed E-state index contributed by atoms with van der Waals surface area (Å²) in [7, 11) is 0. The average molecular weight is 297 g/mol. The van der Waals surface area contributed by atoms with Gasteiger partial charge in [-0.25, -0.2) is 0 Å². The summed E-state index contributed by atoms with van der Waals surface area (Å²) in [6.07, 6.45) is 2.15. The van der Waals surface area contributed by atoms with Gasteiger partial charge < -0.3 is 9.47 Å². The molecule has 0 unspecified atom stereocenters. The molecule has 0 fully saturated rings. The number of benzene rings is 1. The van der Waals surface area contributed by atoms with Crippen LogP contribution in [0.5, 0.6) is 11.5 Å². The SMILES string of the molecule is CC1=CC(C)(C)Oc2cc(OCCBr)ccc21. The molecule has 0 radical (unpaired) electrons. The Morgan fingerprint density at radius 1 is 1.35 bits per heavy atom. The van der Waals surface area contributed by atoms with Crippen molar-refractivity contribution in [1.29, 1.82) is 0 Å². The van der Waals surface area contributed by atoms with Gasteiger partial charge in [0.15, 0.2) is 0 Å². The highest BCUT2D eigenvalue weighted by atomic mass is 79.9. The third-order valence-electron chi connectivity index (χ3n) is 2.66. The van der Waals surface area contributed by atoms with Gasteiger partial charge in [0.05, 0.1) is 6.61 Å². The maximum absolute atomic E-state index is 5.94. The maximum atomic E-state index is 5.94. The molecule has 0 saturated heterocycles. The molecule has 2 nitrogen and oxygen atoms in total. The summed E-state index contributed by atoms with van der Waals surface area (Å²) in [5, 5.41) is 0.829. The van der Waals surface area contributed by atoms with Crippen LogP contribution in [0.1, 0.15) is 26.3 Å². The van der Waals surface area contributed by atoms with Gasteiger partial charge in [-0.05, 0) is 44.6 Å². The van der Waals surface area contributed by atoms with Crippen molar-refractivity contribution < 1.29 is 9.47 Å². The molecule has 0 bridgehead atoms. The van der Waals surface area contributed by atoms with Crippen LogP contribution in [0.2, 0.25) is 0 Å². The first-order valence-corrected chi connectivity index (χ1v) is 6.86. The standard InChI is InChI=1S/C14H17BrO2/c1-10-9-14(2,3)17-13-8-11(16-7-6-15)4-5-12(10)13/h4-5,8-9H,6-7H2,1-3H3. The average Bonchev–Trinajstić information content (AvgIpc) is 2.24. The zero-order valence-electron chi connectivity index (χ0n) is 10.4. The zero-order chi connectivity index (χ0) is 12.5. The van der Waals surface area contributed by atoms with E-state index >= 15 is 0 Å². The van der Waals surface area contributed by atoms with E-state index in [1.807, 2.05) is 12.1 Å². The monoisotopic (exact) mass is 296 g/mol. The molecule has 1 aromatic rings.